The highest BCUT2D eigenvalue weighted by atomic mass is 32.3. The van der Waals surface area contributed by atoms with Crippen LogP contribution in [0.3, 0.4) is 0 Å². The number of carbonyl (C=O) groups is 2. The van der Waals surface area contributed by atoms with E-state index in [-0.39, 0.29) is 18.4 Å². The third-order valence-electron chi connectivity index (χ3n) is 3.25. The van der Waals surface area contributed by atoms with E-state index in [9.17, 15) is 18.0 Å². The average Bonchev–Trinajstić information content (AvgIpc) is 2.77. The molecule has 0 aromatic heterocycles. The number of nitrogens with one attached hydrogen (secondary N) is 2. The molecule has 0 aromatic rings. The van der Waals surface area contributed by atoms with E-state index in [4.69, 9.17) is 0 Å². The molecule has 1 aliphatic rings. The first kappa shape index (κ1) is 19.9. The Balaban J connectivity index is 2.59. The zero-order chi connectivity index (χ0) is 17.6. The summed E-state index contributed by atoms with van der Waals surface area (Å²) in [6.07, 6.45) is 0.0315. The molecule has 0 radical (unpaired) electrons. The monoisotopic (exact) mass is 350 g/mol. The minimum atomic E-state index is -4.10. The van der Waals surface area contributed by atoms with Gasteiger partial charge in [-0.1, -0.05) is 27.7 Å². The molecule has 0 bridgehead atoms. The Labute approximate surface area is 137 Å². The smallest absolute Gasteiger partial charge is 0.354 e. The zero-order valence-electron chi connectivity index (χ0n) is 14.0. The summed E-state index contributed by atoms with van der Waals surface area (Å²) in [7, 11) is -4.10. The van der Waals surface area contributed by atoms with E-state index in [1.54, 1.807) is 0 Å². The van der Waals surface area contributed by atoms with E-state index in [1.165, 1.54) is 0 Å². The van der Waals surface area contributed by atoms with E-state index in [2.05, 4.69) is 32.8 Å². The maximum Gasteiger partial charge on any atom is 0.400 e. The van der Waals surface area contributed by atoms with Gasteiger partial charge in [0.05, 0.1) is 0 Å². The fourth-order valence-electron chi connectivity index (χ4n) is 2.04. The molecule has 1 saturated heterocycles. The van der Waals surface area contributed by atoms with Gasteiger partial charge in [-0.3, -0.25) is 9.59 Å². The molecule has 8 nitrogen and oxygen atoms in total. The van der Waals surface area contributed by atoms with Gasteiger partial charge in [-0.25, -0.2) is 8.37 Å². The van der Waals surface area contributed by atoms with Gasteiger partial charge in [0.2, 0.25) is 5.91 Å². The van der Waals surface area contributed by atoms with Crippen LogP contribution >= 0.6 is 0 Å². The fourth-order valence-corrected chi connectivity index (χ4v) is 2.81. The van der Waals surface area contributed by atoms with Crippen molar-refractivity contribution in [1.82, 2.24) is 10.6 Å². The van der Waals surface area contributed by atoms with Gasteiger partial charge in [-0.15, -0.1) is 0 Å². The van der Waals surface area contributed by atoms with Crippen LogP contribution in [0.2, 0.25) is 0 Å². The van der Waals surface area contributed by atoms with Crippen LogP contribution in [0.25, 0.3) is 0 Å². The van der Waals surface area contributed by atoms with Crippen LogP contribution in [0.15, 0.2) is 0 Å². The maximum absolute atomic E-state index is 12.2. The third kappa shape index (κ3) is 7.28. The second-order valence-corrected chi connectivity index (χ2v) is 7.69. The Morgan fingerprint density at radius 3 is 2.30 bits per heavy atom. The first-order chi connectivity index (χ1) is 10.6. The minimum Gasteiger partial charge on any atom is -0.354 e. The Bertz CT molecular complexity index is 517. The molecule has 1 fully saturated rings. The quantitative estimate of drug-likeness (QED) is 0.653. The lowest BCUT2D eigenvalue weighted by molar-refractivity contribution is -0.132. The summed E-state index contributed by atoms with van der Waals surface area (Å²) in [6.45, 7) is 8.12. The third-order valence-corrected chi connectivity index (χ3v) is 4.14. The van der Waals surface area contributed by atoms with Gasteiger partial charge < -0.3 is 10.6 Å². The first-order valence-electron chi connectivity index (χ1n) is 7.76. The van der Waals surface area contributed by atoms with Gasteiger partial charge in [0.15, 0.2) is 6.10 Å². The van der Waals surface area contributed by atoms with Crippen molar-refractivity contribution in [2.24, 2.45) is 11.8 Å². The maximum atomic E-state index is 12.2. The number of hydrogen-bond donors (Lipinski definition) is 2. The summed E-state index contributed by atoms with van der Waals surface area (Å²) < 4.78 is 31.0. The molecule has 1 aliphatic heterocycles. The average molecular weight is 350 g/mol. The molecule has 2 atom stereocenters. The van der Waals surface area contributed by atoms with Gasteiger partial charge in [0, 0.05) is 6.54 Å². The molecular weight excluding hydrogens is 324 g/mol. The summed E-state index contributed by atoms with van der Waals surface area (Å²) in [5.41, 5.74) is 0. The van der Waals surface area contributed by atoms with Crippen LogP contribution < -0.4 is 10.6 Å². The second-order valence-electron chi connectivity index (χ2n) is 6.44. The van der Waals surface area contributed by atoms with Crippen molar-refractivity contribution >= 4 is 22.2 Å². The van der Waals surface area contributed by atoms with E-state index in [0.717, 1.165) is 6.42 Å². The molecule has 0 saturated carbocycles. The van der Waals surface area contributed by atoms with Crippen molar-refractivity contribution in [2.75, 3.05) is 13.2 Å². The predicted octanol–water partition coefficient (Wildman–Crippen LogP) is 0.340. The lowest BCUT2D eigenvalue weighted by atomic mass is 10.0. The number of carbonyl (C=O) groups excluding carboxylic acids is 2. The number of hydrogen-bond acceptors (Lipinski definition) is 6. The highest BCUT2D eigenvalue weighted by Gasteiger charge is 2.37. The molecule has 1 rings (SSSR count). The Morgan fingerprint density at radius 2 is 1.83 bits per heavy atom. The van der Waals surface area contributed by atoms with Gasteiger partial charge in [0.1, 0.15) is 12.6 Å². The number of rotatable bonds is 8. The van der Waals surface area contributed by atoms with Crippen molar-refractivity contribution in [3.63, 3.8) is 0 Å². The molecule has 2 N–H and O–H groups in total. The summed E-state index contributed by atoms with van der Waals surface area (Å²) in [4.78, 5) is 24.3. The summed E-state index contributed by atoms with van der Waals surface area (Å²) in [5.74, 6) is -0.312. The van der Waals surface area contributed by atoms with E-state index in [1.807, 2.05) is 13.8 Å². The van der Waals surface area contributed by atoms with Crippen LogP contribution in [0.4, 0.5) is 0 Å². The van der Waals surface area contributed by atoms with Crippen LogP contribution in [0.5, 0.6) is 0 Å². The van der Waals surface area contributed by atoms with Gasteiger partial charge in [0.25, 0.3) is 5.91 Å². The molecule has 134 valence electrons. The topological polar surface area (TPSA) is 111 Å². The van der Waals surface area contributed by atoms with Crippen LogP contribution in [-0.2, 0) is 28.4 Å². The van der Waals surface area contributed by atoms with Gasteiger partial charge >= 0.3 is 10.4 Å². The van der Waals surface area contributed by atoms with Crippen molar-refractivity contribution in [3.05, 3.63) is 0 Å². The first-order valence-corrected chi connectivity index (χ1v) is 9.09. The van der Waals surface area contributed by atoms with Crippen molar-refractivity contribution < 1.29 is 26.4 Å². The lowest BCUT2D eigenvalue weighted by Gasteiger charge is -2.21. The highest BCUT2D eigenvalue weighted by Crippen LogP contribution is 2.14. The van der Waals surface area contributed by atoms with Crippen molar-refractivity contribution in [1.29, 1.82) is 0 Å². The second kappa shape index (κ2) is 8.60. The SMILES string of the molecule is CC(C)CCNC(=O)C(CC(C)C)NC(=O)[C@@H]1COS(=O)(=O)O1. The molecule has 9 heteroatoms. The van der Waals surface area contributed by atoms with Crippen molar-refractivity contribution in [3.8, 4) is 0 Å². The van der Waals surface area contributed by atoms with E-state index in [0.29, 0.717) is 18.9 Å². The van der Waals surface area contributed by atoms with Crippen LogP contribution in [0, 0.1) is 11.8 Å². The molecule has 23 heavy (non-hydrogen) atoms. The molecule has 0 spiro atoms. The summed E-state index contributed by atoms with van der Waals surface area (Å²) in [5, 5.41) is 5.33. The summed E-state index contributed by atoms with van der Waals surface area (Å²) in [6, 6.07) is -0.735. The Hall–Kier alpha value is -1.19. The van der Waals surface area contributed by atoms with Crippen LogP contribution in [0.1, 0.15) is 40.5 Å². The Kier molecular flexibility index (Phi) is 7.43. The standard InChI is InChI=1S/C14H26N2O6S/c1-9(2)5-6-15-13(17)11(7-10(3)4)16-14(18)12-8-21-23(19,20)22-12/h9-12H,5-8H2,1-4H3,(H,15,17)(H,16,18)/t11?,12-/m0/s1. The predicted molar refractivity (Wildman–Crippen MR) is 83.6 cm³/mol. The zero-order valence-corrected chi connectivity index (χ0v) is 14.8. The Morgan fingerprint density at radius 1 is 1.17 bits per heavy atom. The van der Waals surface area contributed by atoms with E-state index < -0.39 is 28.5 Å². The number of amides is 2. The fraction of sp³-hybridized carbons (Fsp3) is 0.857. The van der Waals surface area contributed by atoms with Crippen LogP contribution in [-0.4, -0.2) is 45.5 Å². The molecule has 1 heterocycles. The lowest BCUT2D eigenvalue weighted by Crippen LogP contribution is -2.50. The summed E-state index contributed by atoms with van der Waals surface area (Å²) >= 11 is 0. The van der Waals surface area contributed by atoms with Crippen molar-refractivity contribution in [2.45, 2.75) is 52.7 Å². The molecule has 0 aliphatic carbocycles. The van der Waals surface area contributed by atoms with E-state index >= 15 is 0 Å². The molecule has 2 amide bonds. The molecule has 1 unspecified atom stereocenters. The normalized spacial score (nSPS) is 21.4. The van der Waals surface area contributed by atoms with Gasteiger partial charge in [-0.05, 0) is 24.7 Å². The highest BCUT2D eigenvalue weighted by molar-refractivity contribution is 7.82. The largest absolute Gasteiger partial charge is 0.400 e. The van der Waals surface area contributed by atoms with Gasteiger partial charge in [-0.2, -0.15) is 8.42 Å². The molecular formula is C14H26N2O6S. The molecule has 0 aromatic carbocycles. The minimum absolute atomic E-state index is 0.181.